The van der Waals surface area contributed by atoms with Crippen LogP contribution in [0.4, 0.5) is 0 Å². The van der Waals surface area contributed by atoms with Crippen LogP contribution in [0.15, 0.2) is 18.2 Å². The fourth-order valence-electron chi connectivity index (χ4n) is 0.992. The maximum Gasteiger partial charge on any atom is 0.326 e. The van der Waals surface area contributed by atoms with Gasteiger partial charge in [0.1, 0.15) is 12.2 Å². The first-order valence-electron chi connectivity index (χ1n) is 4.11. The molecule has 0 spiro atoms. The average molecular weight is 229 g/mol. The molecule has 1 rings (SSSR count). The predicted molar refractivity (Wildman–Crippen MR) is 54.7 cm³/mol. The summed E-state index contributed by atoms with van der Waals surface area (Å²) in [6.45, 7) is 0. The van der Waals surface area contributed by atoms with Crippen LogP contribution in [0.5, 0.6) is 11.5 Å². The molecule has 1 aromatic rings. The second-order valence-electron chi connectivity index (χ2n) is 2.64. The van der Waals surface area contributed by atoms with Gasteiger partial charge in [-0.05, 0) is 18.2 Å². The molecule has 0 aliphatic carbocycles. The molecule has 0 N–H and O–H groups in total. The number of hydrogen-bond acceptors (Lipinski definition) is 4. The Kier molecular flexibility index (Phi) is 4.12. The minimum Gasteiger partial charge on any atom is -0.493 e. The summed E-state index contributed by atoms with van der Waals surface area (Å²) in [5.74, 6) is -0.251. The first-order chi connectivity index (χ1) is 7.21. The fourth-order valence-corrected chi connectivity index (χ4v) is 1.05. The van der Waals surface area contributed by atoms with Crippen LogP contribution < -0.4 is 9.47 Å². The second kappa shape index (κ2) is 5.36. The molecule has 4 nitrogen and oxygen atoms in total. The number of hydrogen-bond donors (Lipinski definition) is 0. The molecule has 0 bridgehead atoms. The van der Waals surface area contributed by atoms with Crippen LogP contribution in [-0.4, -0.2) is 25.2 Å². The molecule has 0 atom stereocenters. The van der Waals surface area contributed by atoms with E-state index < -0.39 is 5.97 Å². The van der Waals surface area contributed by atoms with E-state index in [0.717, 1.165) is 0 Å². The first kappa shape index (κ1) is 11.5. The Hall–Kier alpha value is -1.55. The summed E-state index contributed by atoms with van der Waals surface area (Å²) in [6.07, 6.45) is 0.676. The Morgan fingerprint density at radius 2 is 2.20 bits per heavy atom. The van der Waals surface area contributed by atoms with E-state index in [4.69, 9.17) is 21.1 Å². The maximum atomic E-state index is 10.9. The van der Waals surface area contributed by atoms with Crippen LogP contribution in [0.25, 0.3) is 0 Å². The van der Waals surface area contributed by atoms with Crippen molar-refractivity contribution in [2.75, 3.05) is 13.0 Å². The van der Waals surface area contributed by atoms with Gasteiger partial charge >= 0.3 is 5.97 Å². The molecule has 0 saturated heterocycles. The standard InChI is InChI=1S/C10H9ClO4/c1-14-9-4-7(6-12)2-3-8(9)15-10(13)5-11/h2-4,6H,5H2,1H3. The van der Waals surface area contributed by atoms with Crippen molar-refractivity contribution in [1.82, 2.24) is 0 Å². The molecule has 0 saturated carbocycles. The largest absolute Gasteiger partial charge is 0.493 e. The van der Waals surface area contributed by atoms with Crippen LogP contribution >= 0.6 is 11.6 Å². The Labute approximate surface area is 91.7 Å². The number of methoxy groups -OCH3 is 1. The van der Waals surface area contributed by atoms with E-state index in [1.54, 1.807) is 0 Å². The molecule has 15 heavy (non-hydrogen) atoms. The van der Waals surface area contributed by atoms with E-state index >= 15 is 0 Å². The molecule has 0 aliphatic heterocycles. The lowest BCUT2D eigenvalue weighted by molar-refractivity contribution is -0.131. The van der Waals surface area contributed by atoms with Crippen LogP contribution in [0.3, 0.4) is 0 Å². The number of rotatable bonds is 4. The Morgan fingerprint density at radius 1 is 1.47 bits per heavy atom. The Bertz CT molecular complexity index is 376. The van der Waals surface area contributed by atoms with Gasteiger partial charge in [-0.15, -0.1) is 11.6 Å². The highest BCUT2D eigenvalue weighted by atomic mass is 35.5. The molecule has 0 aromatic heterocycles. The maximum absolute atomic E-state index is 10.9. The lowest BCUT2D eigenvalue weighted by atomic mass is 10.2. The number of ether oxygens (including phenoxy) is 2. The minimum absolute atomic E-state index is 0.238. The van der Waals surface area contributed by atoms with Gasteiger partial charge in [0.2, 0.25) is 0 Å². The minimum atomic E-state index is -0.575. The van der Waals surface area contributed by atoms with Gasteiger partial charge in [0.25, 0.3) is 0 Å². The predicted octanol–water partition coefficient (Wildman–Crippen LogP) is 1.65. The van der Waals surface area contributed by atoms with Gasteiger partial charge < -0.3 is 9.47 Å². The van der Waals surface area contributed by atoms with Crippen molar-refractivity contribution in [2.24, 2.45) is 0 Å². The SMILES string of the molecule is COc1cc(C=O)ccc1OC(=O)CCl. The van der Waals surface area contributed by atoms with Gasteiger partial charge in [-0.3, -0.25) is 9.59 Å². The molecule has 0 amide bonds. The van der Waals surface area contributed by atoms with Gasteiger partial charge in [-0.2, -0.15) is 0 Å². The molecule has 0 aliphatic rings. The Morgan fingerprint density at radius 3 is 2.73 bits per heavy atom. The lowest BCUT2D eigenvalue weighted by Gasteiger charge is -2.08. The highest BCUT2D eigenvalue weighted by Gasteiger charge is 2.09. The normalized spacial score (nSPS) is 9.47. The van der Waals surface area contributed by atoms with Crippen LogP contribution in [-0.2, 0) is 4.79 Å². The van der Waals surface area contributed by atoms with Crippen molar-refractivity contribution in [2.45, 2.75) is 0 Å². The topological polar surface area (TPSA) is 52.6 Å². The van der Waals surface area contributed by atoms with E-state index in [1.165, 1.54) is 25.3 Å². The van der Waals surface area contributed by atoms with Crippen molar-refractivity contribution >= 4 is 23.9 Å². The number of benzene rings is 1. The van der Waals surface area contributed by atoms with Crippen molar-refractivity contribution < 1.29 is 19.1 Å². The highest BCUT2D eigenvalue weighted by Crippen LogP contribution is 2.27. The molecule has 5 heteroatoms. The fraction of sp³-hybridized carbons (Fsp3) is 0.200. The summed E-state index contributed by atoms with van der Waals surface area (Å²) in [7, 11) is 1.42. The molecular weight excluding hydrogens is 220 g/mol. The summed E-state index contributed by atoms with van der Waals surface area (Å²) in [5, 5.41) is 0. The van der Waals surface area contributed by atoms with Crippen LogP contribution in [0.1, 0.15) is 10.4 Å². The van der Waals surface area contributed by atoms with Crippen LogP contribution in [0, 0.1) is 0 Å². The summed E-state index contributed by atoms with van der Waals surface area (Å²) >= 11 is 5.28. The van der Waals surface area contributed by atoms with Gasteiger partial charge in [0.05, 0.1) is 7.11 Å². The monoisotopic (exact) mass is 228 g/mol. The van der Waals surface area contributed by atoms with Crippen molar-refractivity contribution in [1.29, 1.82) is 0 Å². The zero-order chi connectivity index (χ0) is 11.3. The quantitative estimate of drug-likeness (QED) is 0.340. The van der Waals surface area contributed by atoms with Gasteiger partial charge in [-0.1, -0.05) is 0 Å². The van der Waals surface area contributed by atoms with Crippen molar-refractivity contribution in [3.8, 4) is 11.5 Å². The van der Waals surface area contributed by atoms with E-state index in [2.05, 4.69) is 0 Å². The number of carbonyl (C=O) groups is 2. The molecule has 0 heterocycles. The van der Waals surface area contributed by atoms with Crippen molar-refractivity contribution in [3.63, 3.8) is 0 Å². The van der Waals surface area contributed by atoms with E-state index in [0.29, 0.717) is 17.6 Å². The molecule has 0 unspecified atom stereocenters. The zero-order valence-corrected chi connectivity index (χ0v) is 8.78. The third kappa shape index (κ3) is 2.95. The number of aldehydes is 1. The number of carbonyl (C=O) groups excluding carboxylic acids is 2. The average Bonchev–Trinajstić information content (AvgIpc) is 2.29. The van der Waals surface area contributed by atoms with Gasteiger partial charge in [0.15, 0.2) is 11.5 Å². The van der Waals surface area contributed by atoms with Crippen molar-refractivity contribution in [3.05, 3.63) is 23.8 Å². The Balaban J connectivity index is 2.97. The summed E-state index contributed by atoms with van der Waals surface area (Å²) in [6, 6.07) is 4.48. The van der Waals surface area contributed by atoms with E-state index in [9.17, 15) is 9.59 Å². The summed E-state index contributed by atoms with van der Waals surface area (Å²) in [4.78, 5) is 21.4. The molecule has 0 fully saturated rings. The highest BCUT2D eigenvalue weighted by molar-refractivity contribution is 6.26. The first-order valence-corrected chi connectivity index (χ1v) is 4.64. The number of esters is 1. The number of alkyl halides is 1. The molecule has 1 aromatic carbocycles. The van der Waals surface area contributed by atoms with E-state index in [-0.39, 0.29) is 11.6 Å². The molecular formula is C10H9ClO4. The summed E-state index contributed by atoms with van der Waals surface area (Å²) in [5.41, 5.74) is 0.442. The molecule has 80 valence electrons. The van der Waals surface area contributed by atoms with Crippen LogP contribution in [0.2, 0.25) is 0 Å². The summed E-state index contributed by atoms with van der Waals surface area (Å²) < 4.78 is 9.83. The third-order valence-electron chi connectivity index (χ3n) is 1.66. The van der Waals surface area contributed by atoms with Gasteiger partial charge in [-0.25, -0.2) is 0 Å². The second-order valence-corrected chi connectivity index (χ2v) is 2.90. The number of halogens is 1. The molecule has 0 radical (unpaired) electrons. The lowest BCUT2D eigenvalue weighted by Crippen LogP contribution is -2.09. The zero-order valence-electron chi connectivity index (χ0n) is 8.03. The van der Waals surface area contributed by atoms with Gasteiger partial charge in [0, 0.05) is 5.56 Å². The third-order valence-corrected chi connectivity index (χ3v) is 1.87. The van der Waals surface area contributed by atoms with E-state index in [1.807, 2.05) is 0 Å². The smallest absolute Gasteiger partial charge is 0.326 e.